The molecule has 0 saturated carbocycles. The lowest BCUT2D eigenvalue weighted by Gasteiger charge is -2.24. The first-order valence-corrected chi connectivity index (χ1v) is 8.83. The standard InChI is InChI=1S/C16H15ClFNO2S/c17-13-5-2-7-15(11-13)22(20,21)19-9-3-8-16(19)12-4-1-6-14(18)10-12/h1-2,4-7,10-11,16H,3,8-9H2/t16-/m1/s1. The lowest BCUT2D eigenvalue weighted by Crippen LogP contribution is -2.30. The number of rotatable bonds is 3. The van der Waals surface area contributed by atoms with Crippen LogP contribution < -0.4 is 0 Å². The van der Waals surface area contributed by atoms with Gasteiger partial charge >= 0.3 is 0 Å². The topological polar surface area (TPSA) is 37.4 Å². The van der Waals surface area contributed by atoms with Gasteiger partial charge in [-0.25, -0.2) is 12.8 Å². The highest BCUT2D eigenvalue weighted by atomic mass is 35.5. The van der Waals surface area contributed by atoms with Crippen LogP contribution in [0.5, 0.6) is 0 Å². The monoisotopic (exact) mass is 339 g/mol. The Labute approximate surface area is 134 Å². The van der Waals surface area contributed by atoms with Gasteiger partial charge in [0.2, 0.25) is 10.0 Å². The molecule has 0 spiro atoms. The lowest BCUT2D eigenvalue weighted by molar-refractivity contribution is 0.395. The maximum absolute atomic E-state index is 13.4. The number of hydrogen-bond acceptors (Lipinski definition) is 2. The number of halogens is 2. The van der Waals surface area contributed by atoms with E-state index in [0.29, 0.717) is 23.6 Å². The molecule has 0 radical (unpaired) electrons. The molecular formula is C16H15ClFNO2S. The van der Waals surface area contributed by atoms with Crippen molar-refractivity contribution in [1.29, 1.82) is 0 Å². The van der Waals surface area contributed by atoms with Gasteiger partial charge in [-0.3, -0.25) is 0 Å². The zero-order valence-electron chi connectivity index (χ0n) is 11.7. The van der Waals surface area contributed by atoms with E-state index in [1.807, 2.05) is 0 Å². The van der Waals surface area contributed by atoms with Crippen molar-refractivity contribution in [2.75, 3.05) is 6.54 Å². The molecular weight excluding hydrogens is 325 g/mol. The van der Waals surface area contributed by atoms with Crippen LogP contribution in [0.2, 0.25) is 5.02 Å². The minimum Gasteiger partial charge on any atom is -0.207 e. The van der Waals surface area contributed by atoms with Gasteiger partial charge in [0.1, 0.15) is 5.82 Å². The van der Waals surface area contributed by atoms with E-state index in [1.54, 1.807) is 24.3 Å². The molecule has 1 aliphatic rings. The van der Waals surface area contributed by atoms with E-state index in [4.69, 9.17) is 11.6 Å². The molecule has 1 saturated heterocycles. The first kappa shape index (κ1) is 15.5. The SMILES string of the molecule is O=S(=O)(c1cccc(Cl)c1)N1CCC[C@@H]1c1cccc(F)c1. The van der Waals surface area contributed by atoms with Crippen molar-refractivity contribution < 1.29 is 12.8 Å². The van der Waals surface area contributed by atoms with Crippen LogP contribution in [0.3, 0.4) is 0 Å². The van der Waals surface area contributed by atoms with Crippen LogP contribution in [0.25, 0.3) is 0 Å². The van der Waals surface area contributed by atoms with Crippen molar-refractivity contribution in [3.05, 3.63) is 64.9 Å². The molecule has 22 heavy (non-hydrogen) atoms. The van der Waals surface area contributed by atoms with E-state index in [1.165, 1.54) is 28.6 Å². The number of hydrogen-bond donors (Lipinski definition) is 0. The Morgan fingerprint density at radius 2 is 1.91 bits per heavy atom. The van der Waals surface area contributed by atoms with Gasteiger partial charge in [-0.2, -0.15) is 4.31 Å². The molecule has 0 aliphatic carbocycles. The third kappa shape index (κ3) is 2.89. The smallest absolute Gasteiger partial charge is 0.207 e. The molecule has 2 aromatic carbocycles. The van der Waals surface area contributed by atoms with Crippen LogP contribution in [0.4, 0.5) is 4.39 Å². The highest BCUT2D eigenvalue weighted by Crippen LogP contribution is 2.37. The highest BCUT2D eigenvalue weighted by Gasteiger charge is 2.36. The summed E-state index contributed by atoms with van der Waals surface area (Å²) in [5, 5.41) is 0.377. The Morgan fingerprint density at radius 1 is 1.14 bits per heavy atom. The van der Waals surface area contributed by atoms with E-state index in [-0.39, 0.29) is 16.8 Å². The summed E-state index contributed by atoms with van der Waals surface area (Å²) >= 11 is 5.90. The Bertz CT molecular complexity index is 794. The van der Waals surface area contributed by atoms with Crippen molar-refractivity contribution in [3.63, 3.8) is 0 Å². The third-order valence-electron chi connectivity index (χ3n) is 3.84. The predicted octanol–water partition coefficient (Wildman–Crippen LogP) is 4.00. The van der Waals surface area contributed by atoms with Crippen molar-refractivity contribution in [2.24, 2.45) is 0 Å². The molecule has 1 atom stereocenters. The van der Waals surface area contributed by atoms with E-state index in [0.717, 1.165) is 6.42 Å². The Morgan fingerprint density at radius 3 is 2.64 bits per heavy atom. The van der Waals surface area contributed by atoms with E-state index < -0.39 is 10.0 Å². The van der Waals surface area contributed by atoms with Crippen LogP contribution in [-0.2, 0) is 10.0 Å². The Kier molecular flexibility index (Phi) is 4.21. The van der Waals surface area contributed by atoms with Crippen LogP contribution in [0.1, 0.15) is 24.4 Å². The van der Waals surface area contributed by atoms with Gasteiger partial charge in [-0.15, -0.1) is 0 Å². The van der Waals surface area contributed by atoms with Crippen LogP contribution >= 0.6 is 11.6 Å². The first-order valence-electron chi connectivity index (χ1n) is 7.01. The average Bonchev–Trinajstić information content (AvgIpc) is 2.97. The van der Waals surface area contributed by atoms with Gasteiger partial charge in [0.15, 0.2) is 0 Å². The quantitative estimate of drug-likeness (QED) is 0.847. The molecule has 0 aromatic heterocycles. The second-order valence-corrected chi connectivity index (χ2v) is 7.61. The fourth-order valence-electron chi connectivity index (χ4n) is 2.84. The van der Waals surface area contributed by atoms with Crippen molar-refractivity contribution in [2.45, 2.75) is 23.8 Å². The maximum Gasteiger partial charge on any atom is 0.243 e. The van der Waals surface area contributed by atoms with Gasteiger partial charge in [-0.1, -0.05) is 29.8 Å². The molecule has 3 nitrogen and oxygen atoms in total. The van der Waals surface area contributed by atoms with Gasteiger partial charge in [0, 0.05) is 11.6 Å². The molecule has 0 amide bonds. The molecule has 116 valence electrons. The molecule has 0 unspecified atom stereocenters. The summed E-state index contributed by atoms with van der Waals surface area (Å²) in [7, 11) is -3.64. The molecule has 0 bridgehead atoms. The summed E-state index contributed by atoms with van der Waals surface area (Å²) in [6.45, 7) is 0.427. The zero-order valence-corrected chi connectivity index (χ0v) is 13.3. The second kappa shape index (κ2) is 5.99. The largest absolute Gasteiger partial charge is 0.243 e. The zero-order chi connectivity index (χ0) is 15.7. The van der Waals surface area contributed by atoms with Gasteiger partial charge in [0.25, 0.3) is 0 Å². The third-order valence-corrected chi connectivity index (χ3v) is 5.98. The van der Waals surface area contributed by atoms with Crippen LogP contribution in [0, 0.1) is 5.82 Å². The molecule has 2 aromatic rings. The Hall–Kier alpha value is -1.43. The highest BCUT2D eigenvalue weighted by molar-refractivity contribution is 7.89. The fourth-order valence-corrected chi connectivity index (χ4v) is 4.82. The first-order chi connectivity index (χ1) is 10.5. The molecule has 1 fully saturated rings. The second-order valence-electron chi connectivity index (χ2n) is 5.29. The predicted molar refractivity (Wildman–Crippen MR) is 83.7 cm³/mol. The van der Waals surface area contributed by atoms with Gasteiger partial charge in [0.05, 0.1) is 10.9 Å². The number of nitrogens with zero attached hydrogens (tertiary/aromatic N) is 1. The number of benzene rings is 2. The molecule has 6 heteroatoms. The lowest BCUT2D eigenvalue weighted by atomic mass is 10.1. The fraction of sp³-hybridized carbons (Fsp3) is 0.250. The molecule has 3 rings (SSSR count). The molecule has 0 N–H and O–H groups in total. The van der Waals surface area contributed by atoms with E-state index in [2.05, 4.69) is 0 Å². The van der Waals surface area contributed by atoms with E-state index >= 15 is 0 Å². The summed E-state index contributed by atoms with van der Waals surface area (Å²) in [6.07, 6.45) is 1.43. The summed E-state index contributed by atoms with van der Waals surface area (Å²) in [6, 6.07) is 12.0. The minimum absolute atomic E-state index is 0.170. The summed E-state index contributed by atoms with van der Waals surface area (Å²) in [5.41, 5.74) is 0.683. The van der Waals surface area contributed by atoms with Gasteiger partial charge in [-0.05, 0) is 48.7 Å². The normalized spacial score (nSPS) is 19.5. The Balaban J connectivity index is 1.99. The van der Waals surface area contributed by atoms with Crippen molar-refractivity contribution >= 4 is 21.6 Å². The minimum atomic E-state index is -3.64. The van der Waals surface area contributed by atoms with Crippen LogP contribution in [-0.4, -0.2) is 19.3 Å². The van der Waals surface area contributed by atoms with Crippen molar-refractivity contribution in [3.8, 4) is 0 Å². The van der Waals surface area contributed by atoms with Crippen LogP contribution in [0.15, 0.2) is 53.4 Å². The molecule has 1 aliphatic heterocycles. The molecule has 1 heterocycles. The van der Waals surface area contributed by atoms with Crippen molar-refractivity contribution in [1.82, 2.24) is 4.31 Å². The average molecular weight is 340 g/mol. The summed E-state index contributed by atoms with van der Waals surface area (Å²) in [4.78, 5) is 0.170. The number of sulfonamides is 1. The maximum atomic E-state index is 13.4. The van der Waals surface area contributed by atoms with Gasteiger partial charge < -0.3 is 0 Å². The summed E-state index contributed by atoms with van der Waals surface area (Å²) in [5.74, 6) is -0.357. The van der Waals surface area contributed by atoms with E-state index in [9.17, 15) is 12.8 Å². The summed E-state index contributed by atoms with van der Waals surface area (Å²) < 4.78 is 40.5.